The largest absolute Gasteiger partial charge is 0.395 e. The molecule has 0 aromatic heterocycles. The second-order valence-electron chi connectivity index (χ2n) is 4.11. The number of hydrogen-bond acceptors (Lipinski definition) is 2. The van der Waals surface area contributed by atoms with Gasteiger partial charge < -0.3 is 10.0 Å². The van der Waals surface area contributed by atoms with Crippen LogP contribution in [0.5, 0.6) is 0 Å². The molecule has 0 radical (unpaired) electrons. The average molecular weight is 183 g/mol. The lowest BCUT2D eigenvalue weighted by Gasteiger charge is -2.37. The van der Waals surface area contributed by atoms with Crippen LogP contribution in [-0.4, -0.2) is 35.1 Å². The van der Waals surface area contributed by atoms with Gasteiger partial charge in [0, 0.05) is 18.5 Å². The van der Waals surface area contributed by atoms with E-state index >= 15 is 0 Å². The molecule has 0 atom stereocenters. The highest BCUT2D eigenvalue weighted by atomic mass is 16.3. The molecule has 0 aliphatic heterocycles. The normalized spacial score (nSPS) is 22.5. The Bertz CT molecular complexity index is 197. The fourth-order valence-electron chi connectivity index (χ4n) is 1.84. The predicted molar refractivity (Wildman–Crippen MR) is 49.2 cm³/mol. The summed E-state index contributed by atoms with van der Waals surface area (Å²) in [5.74, 6) is 0.589. The fourth-order valence-corrected chi connectivity index (χ4v) is 1.84. The van der Waals surface area contributed by atoms with Gasteiger partial charge in [0.15, 0.2) is 0 Å². The van der Waals surface area contributed by atoms with Gasteiger partial charge in [0.05, 0.1) is 6.61 Å². The molecule has 2 aliphatic carbocycles. The smallest absolute Gasteiger partial charge is 0.226 e. The maximum atomic E-state index is 11.7. The topological polar surface area (TPSA) is 40.5 Å². The maximum Gasteiger partial charge on any atom is 0.226 e. The van der Waals surface area contributed by atoms with Gasteiger partial charge >= 0.3 is 0 Å². The molecule has 13 heavy (non-hydrogen) atoms. The van der Waals surface area contributed by atoms with E-state index in [9.17, 15) is 4.79 Å². The summed E-state index contributed by atoms with van der Waals surface area (Å²) in [4.78, 5) is 13.6. The molecule has 0 heterocycles. The SMILES string of the molecule is O=C(C1CC1)N(CCO)C1CCC1. The third kappa shape index (κ3) is 1.85. The molecule has 0 unspecified atom stereocenters. The number of rotatable bonds is 4. The second-order valence-corrected chi connectivity index (χ2v) is 4.11. The molecule has 1 N–H and O–H groups in total. The van der Waals surface area contributed by atoms with E-state index in [0.29, 0.717) is 24.4 Å². The van der Waals surface area contributed by atoms with E-state index < -0.39 is 0 Å². The van der Waals surface area contributed by atoms with Crippen molar-refractivity contribution in [3.63, 3.8) is 0 Å². The molecule has 0 aromatic carbocycles. The number of aliphatic hydroxyl groups is 1. The number of amides is 1. The van der Waals surface area contributed by atoms with Crippen molar-refractivity contribution in [2.75, 3.05) is 13.2 Å². The van der Waals surface area contributed by atoms with Crippen LogP contribution in [0.1, 0.15) is 32.1 Å². The molecule has 3 heteroatoms. The Morgan fingerprint density at radius 3 is 2.38 bits per heavy atom. The summed E-state index contributed by atoms with van der Waals surface area (Å²) in [7, 11) is 0. The number of aliphatic hydroxyl groups excluding tert-OH is 1. The van der Waals surface area contributed by atoms with Gasteiger partial charge in [-0.15, -0.1) is 0 Å². The first-order chi connectivity index (χ1) is 6.33. The molecule has 0 saturated heterocycles. The molecule has 3 nitrogen and oxygen atoms in total. The zero-order chi connectivity index (χ0) is 9.26. The summed E-state index contributed by atoms with van der Waals surface area (Å²) < 4.78 is 0. The molecule has 2 fully saturated rings. The van der Waals surface area contributed by atoms with Crippen molar-refractivity contribution in [3.05, 3.63) is 0 Å². The van der Waals surface area contributed by atoms with E-state index in [4.69, 9.17) is 5.11 Å². The third-order valence-electron chi connectivity index (χ3n) is 3.07. The first kappa shape index (κ1) is 9.00. The standard InChI is InChI=1S/C10H17NO2/c12-7-6-11(9-2-1-3-9)10(13)8-4-5-8/h8-9,12H,1-7H2. The van der Waals surface area contributed by atoms with Crippen LogP contribution in [0, 0.1) is 5.92 Å². The lowest BCUT2D eigenvalue weighted by molar-refractivity contribution is -0.137. The fraction of sp³-hybridized carbons (Fsp3) is 0.900. The quantitative estimate of drug-likeness (QED) is 0.699. The summed E-state index contributed by atoms with van der Waals surface area (Å²) in [6.45, 7) is 0.648. The second kappa shape index (κ2) is 3.66. The first-order valence-corrected chi connectivity index (χ1v) is 5.24. The zero-order valence-electron chi connectivity index (χ0n) is 7.91. The van der Waals surface area contributed by atoms with Crippen molar-refractivity contribution in [2.45, 2.75) is 38.1 Å². The predicted octanol–water partition coefficient (Wildman–Crippen LogP) is 0.770. The van der Waals surface area contributed by atoms with Gasteiger partial charge in [-0.2, -0.15) is 0 Å². The Morgan fingerprint density at radius 2 is 2.00 bits per heavy atom. The monoisotopic (exact) mass is 183 g/mol. The van der Waals surface area contributed by atoms with Gasteiger partial charge in [-0.05, 0) is 32.1 Å². The molecule has 2 rings (SSSR count). The van der Waals surface area contributed by atoms with Crippen molar-refractivity contribution >= 4 is 5.91 Å². The van der Waals surface area contributed by atoms with E-state index in [-0.39, 0.29) is 6.61 Å². The molecule has 0 bridgehead atoms. The lowest BCUT2D eigenvalue weighted by Crippen LogP contribution is -2.46. The van der Waals surface area contributed by atoms with Crippen molar-refractivity contribution < 1.29 is 9.90 Å². The molecule has 74 valence electrons. The minimum Gasteiger partial charge on any atom is -0.395 e. The molecule has 0 spiro atoms. The summed E-state index contributed by atoms with van der Waals surface area (Å²) in [5.41, 5.74) is 0. The van der Waals surface area contributed by atoms with Crippen LogP contribution in [0.15, 0.2) is 0 Å². The number of carbonyl (C=O) groups excluding carboxylic acids is 1. The lowest BCUT2D eigenvalue weighted by atomic mass is 9.91. The van der Waals surface area contributed by atoms with Crippen LogP contribution in [0.4, 0.5) is 0 Å². The minimum absolute atomic E-state index is 0.106. The number of nitrogens with zero attached hydrogens (tertiary/aromatic N) is 1. The van der Waals surface area contributed by atoms with Crippen molar-refractivity contribution in [3.8, 4) is 0 Å². The van der Waals surface area contributed by atoms with Gasteiger partial charge in [-0.1, -0.05) is 0 Å². The Hall–Kier alpha value is -0.570. The highest BCUT2D eigenvalue weighted by Gasteiger charge is 2.37. The van der Waals surface area contributed by atoms with Crippen LogP contribution < -0.4 is 0 Å². The molecule has 1 amide bonds. The number of hydrogen-bond donors (Lipinski definition) is 1. The molecular formula is C10H17NO2. The van der Waals surface area contributed by atoms with E-state index in [1.54, 1.807) is 0 Å². The average Bonchev–Trinajstić information content (AvgIpc) is 2.81. The summed E-state index contributed by atoms with van der Waals surface area (Å²) >= 11 is 0. The summed E-state index contributed by atoms with van der Waals surface area (Å²) in [5, 5.41) is 8.86. The first-order valence-electron chi connectivity index (χ1n) is 5.24. The highest BCUT2D eigenvalue weighted by Crippen LogP contribution is 2.34. The summed E-state index contributed by atoms with van der Waals surface area (Å²) in [6, 6.07) is 0.445. The molecular weight excluding hydrogens is 166 g/mol. The van der Waals surface area contributed by atoms with E-state index in [1.807, 2.05) is 4.90 Å². The van der Waals surface area contributed by atoms with E-state index in [0.717, 1.165) is 25.7 Å². The Morgan fingerprint density at radius 1 is 1.31 bits per heavy atom. The van der Waals surface area contributed by atoms with Gasteiger partial charge in [0.1, 0.15) is 0 Å². The van der Waals surface area contributed by atoms with Crippen LogP contribution in [0.3, 0.4) is 0 Å². The van der Waals surface area contributed by atoms with Crippen molar-refractivity contribution in [1.29, 1.82) is 0 Å². The molecule has 2 aliphatic rings. The summed E-state index contributed by atoms with van der Waals surface area (Å²) in [6.07, 6.45) is 5.64. The van der Waals surface area contributed by atoms with Crippen LogP contribution in [0.25, 0.3) is 0 Å². The van der Waals surface area contributed by atoms with E-state index in [1.165, 1.54) is 6.42 Å². The Balaban J connectivity index is 1.90. The number of carbonyl (C=O) groups is 1. The Labute approximate surface area is 78.7 Å². The van der Waals surface area contributed by atoms with Gasteiger partial charge in [0.2, 0.25) is 5.91 Å². The van der Waals surface area contributed by atoms with E-state index in [2.05, 4.69) is 0 Å². The third-order valence-corrected chi connectivity index (χ3v) is 3.07. The van der Waals surface area contributed by atoms with Gasteiger partial charge in [0.25, 0.3) is 0 Å². The van der Waals surface area contributed by atoms with Crippen LogP contribution >= 0.6 is 0 Å². The maximum absolute atomic E-state index is 11.7. The van der Waals surface area contributed by atoms with Gasteiger partial charge in [-0.3, -0.25) is 4.79 Å². The zero-order valence-corrected chi connectivity index (χ0v) is 7.91. The highest BCUT2D eigenvalue weighted by molar-refractivity contribution is 5.81. The minimum atomic E-state index is 0.106. The van der Waals surface area contributed by atoms with Crippen molar-refractivity contribution in [1.82, 2.24) is 4.90 Å². The van der Waals surface area contributed by atoms with Crippen LogP contribution in [-0.2, 0) is 4.79 Å². The van der Waals surface area contributed by atoms with Crippen molar-refractivity contribution in [2.24, 2.45) is 5.92 Å². The Kier molecular flexibility index (Phi) is 2.54. The molecule has 2 saturated carbocycles. The van der Waals surface area contributed by atoms with Gasteiger partial charge in [-0.25, -0.2) is 0 Å². The van der Waals surface area contributed by atoms with Crippen LogP contribution in [0.2, 0.25) is 0 Å². The molecule has 0 aromatic rings.